The van der Waals surface area contributed by atoms with Crippen molar-refractivity contribution in [1.29, 1.82) is 0 Å². The van der Waals surface area contributed by atoms with Gasteiger partial charge in [0.05, 0.1) is 0 Å². The predicted octanol–water partition coefficient (Wildman–Crippen LogP) is 11.8. The molecule has 3 N–H and O–H groups in total. The van der Waals surface area contributed by atoms with Crippen molar-refractivity contribution in [1.82, 2.24) is 5.32 Å². The third-order valence-electron chi connectivity index (χ3n) is 9.02. The first-order valence-electron chi connectivity index (χ1n) is 19.3. The first-order chi connectivity index (χ1) is 20.4. The van der Waals surface area contributed by atoms with E-state index in [0.29, 0.717) is 13.2 Å². The first-order valence-corrected chi connectivity index (χ1v) is 19.3. The zero-order valence-corrected chi connectivity index (χ0v) is 28.3. The van der Waals surface area contributed by atoms with Gasteiger partial charge in [0.2, 0.25) is 0 Å². The lowest BCUT2D eigenvalue weighted by atomic mass is 10.0. The number of hydrogen-bond acceptors (Lipinski definition) is 3. The summed E-state index contributed by atoms with van der Waals surface area (Å²) in [4.78, 5) is 0. The standard InChI is InChI=1S/C38H79NO2/c40-37-33-29-25-21-17-13-10-8-6-4-2-1-3-5-7-9-11-15-19-23-27-31-35-39-36-32-28-24-20-16-12-14-18-22-26-30-34-38-41/h39-41H,1-38H2. The second-order valence-electron chi connectivity index (χ2n) is 13.2. The minimum atomic E-state index is 0.368. The van der Waals surface area contributed by atoms with Gasteiger partial charge in [-0.1, -0.05) is 193 Å². The summed E-state index contributed by atoms with van der Waals surface area (Å²) >= 11 is 0. The van der Waals surface area contributed by atoms with Crippen LogP contribution in [0.1, 0.15) is 218 Å². The number of rotatable bonds is 38. The summed E-state index contributed by atoms with van der Waals surface area (Å²) < 4.78 is 0. The van der Waals surface area contributed by atoms with E-state index in [4.69, 9.17) is 10.2 Å². The van der Waals surface area contributed by atoms with E-state index >= 15 is 0 Å². The summed E-state index contributed by atoms with van der Waals surface area (Å²) in [6, 6.07) is 0. The zero-order chi connectivity index (χ0) is 29.6. The van der Waals surface area contributed by atoms with Crippen LogP contribution in [0, 0.1) is 0 Å². The Morgan fingerprint density at radius 1 is 0.195 bits per heavy atom. The monoisotopic (exact) mass is 582 g/mol. The minimum absolute atomic E-state index is 0.368. The van der Waals surface area contributed by atoms with Crippen molar-refractivity contribution in [3.05, 3.63) is 0 Å². The van der Waals surface area contributed by atoms with Gasteiger partial charge in [-0.3, -0.25) is 0 Å². The lowest BCUT2D eigenvalue weighted by Crippen LogP contribution is -2.16. The fraction of sp³-hybridized carbons (Fsp3) is 1.00. The van der Waals surface area contributed by atoms with Gasteiger partial charge >= 0.3 is 0 Å². The first kappa shape index (κ1) is 40.9. The molecule has 0 rings (SSSR count). The summed E-state index contributed by atoms with van der Waals surface area (Å²) in [5, 5.41) is 21.2. The van der Waals surface area contributed by atoms with Crippen molar-refractivity contribution in [2.75, 3.05) is 26.3 Å². The normalized spacial score (nSPS) is 11.6. The molecule has 0 saturated heterocycles. The number of unbranched alkanes of at least 4 members (excludes halogenated alkanes) is 32. The molecule has 0 aliphatic carbocycles. The van der Waals surface area contributed by atoms with Crippen LogP contribution in [0.15, 0.2) is 0 Å². The number of aliphatic hydroxyl groups is 2. The molecule has 248 valence electrons. The molecule has 0 aliphatic heterocycles. The SMILES string of the molecule is OCCCCCCCCCCCCCCCCCCCCCCCCNCCCCCCCCCCCCCCO. The molecule has 41 heavy (non-hydrogen) atoms. The van der Waals surface area contributed by atoms with E-state index in [2.05, 4.69) is 5.32 Å². The molecular formula is C38H79NO2. The lowest BCUT2D eigenvalue weighted by Gasteiger charge is -2.06. The van der Waals surface area contributed by atoms with Gasteiger partial charge in [0, 0.05) is 13.2 Å². The molecule has 0 aromatic rings. The van der Waals surface area contributed by atoms with Gasteiger partial charge in [0.15, 0.2) is 0 Å². The van der Waals surface area contributed by atoms with Gasteiger partial charge in [-0.15, -0.1) is 0 Å². The molecule has 3 nitrogen and oxygen atoms in total. The van der Waals surface area contributed by atoms with Crippen LogP contribution in [0.25, 0.3) is 0 Å². The molecular weight excluding hydrogens is 502 g/mol. The summed E-state index contributed by atoms with van der Waals surface area (Å²) in [7, 11) is 0. The predicted molar refractivity (Wildman–Crippen MR) is 184 cm³/mol. The summed E-state index contributed by atoms with van der Waals surface area (Å²) in [5.74, 6) is 0. The number of hydrogen-bond donors (Lipinski definition) is 3. The Balaban J connectivity index is 3.02. The Morgan fingerprint density at radius 3 is 0.512 bits per heavy atom. The van der Waals surface area contributed by atoms with E-state index in [0.717, 1.165) is 12.8 Å². The summed E-state index contributed by atoms with van der Waals surface area (Å²) in [6.07, 6.45) is 47.1. The van der Waals surface area contributed by atoms with Crippen molar-refractivity contribution >= 4 is 0 Å². The van der Waals surface area contributed by atoms with Crippen LogP contribution in [-0.2, 0) is 0 Å². The largest absolute Gasteiger partial charge is 0.396 e. The van der Waals surface area contributed by atoms with Crippen LogP contribution in [0.2, 0.25) is 0 Å². The molecule has 0 saturated carbocycles. The summed E-state index contributed by atoms with van der Waals surface area (Å²) in [6.45, 7) is 3.19. The smallest absolute Gasteiger partial charge is 0.0431 e. The molecule has 0 unspecified atom stereocenters. The van der Waals surface area contributed by atoms with E-state index in [1.54, 1.807) is 0 Å². The van der Waals surface area contributed by atoms with Crippen LogP contribution in [-0.4, -0.2) is 36.5 Å². The molecule has 0 heterocycles. The highest BCUT2D eigenvalue weighted by Crippen LogP contribution is 2.15. The molecule has 0 aromatic carbocycles. The van der Waals surface area contributed by atoms with Crippen LogP contribution in [0.3, 0.4) is 0 Å². The Bertz CT molecular complexity index is 392. The molecule has 0 aliphatic rings. The van der Waals surface area contributed by atoms with E-state index in [9.17, 15) is 0 Å². The molecule has 0 bridgehead atoms. The third-order valence-corrected chi connectivity index (χ3v) is 9.02. The van der Waals surface area contributed by atoms with E-state index in [-0.39, 0.29) is 0 Å². The van der Waals surface area contributed by atoms with E-state index in [1.165, 1.54) is 219 Å². The second kappa shape index (κ2) is 39.9. The van der Waals surface area contributed by atoms with Gasteiger partial charge in [-0.05, 0) is 38.8 Å². The van der Waals surface area contributed by atoms with Gasteiger partial charge in [-0.25, -0.2) is 0 Å². The third kappa shape index (κ3) is 39.9. The van der Waals surface area contributed by atoms with Crippen LogP contribution in [0.4, 0.5) is 0 Å². The van der Waals surface area contributed by atoms with Crippen LogP contribution < -0.4 is 5.32 Å². The number of aliphatic hydroxyl groups excluding tert-OH is 2. The minimum Gasteiger partial charge on any atom is -0.396 e. The molecule has 3 heteroatoms. The van der Waals surface area contributed by atoms with Crippen molar-refractivity contribution in [2.24, 2.45) is 0 Å². The van der Waals surface area contributed by atoms with Gasteiger partial charge in [0.1, 0.15) is 0 Å². The topological polar surface area (TPSA) is 52.5 Å². The second-order valence-corrected chi connectivity index (χ2v) is 13.2. The van der Waals surface area contributed by atoms with E-state index < -0.39 is 0 Å². The zero-order valence-electron chi connectivity index (χ0n) is 28.3. The maximum absolute atomic E-state index is 8.79. The molecule has 0 spiro atoms. The highest BCUT2D eigenvalue weighted by molar-refractivity contribution is 4.54. The molecule has 0 atom stereocenters. The lowest BCUT2D eigenvalue weighted by molar-refractivity contribution is 0.282. The van der Waals surface area contributed by atoms with E-state index in [1.807, 2.05) is 0 Å². The van der Waals surface area contributed by atoms with Crippen molar-refractivity contribution in [3.8, 4) is 0 Å². The molecule has 0 radical (unpaired) electrons. The Kier molecular flexibility index (Phi) is 39.8. The Morgan fingerprint density at radius 2 is 0.341 bits per heavy atom. The maximum atomic E-state index is 8.79. The highest BCUT2D eigenvalue weighted by Gasteiger charge is 1.97. The average Bonchev–Trinajstić information content (AvgIpc) is 2.98. The van der Waals surface area contributed by atoms with Crippen molar-refractivity contribution in [3.63, 3.8) is 0 Å². The summed E-state index contributed by atoms with van der Waals surface area (Å²) in [5.41, 5.74) is 0. The molecule has 0 amide bonds. The Hall–Kier alpha value is -0.120. The van der Waals surface area contributed by atoms with Gasteiger partial charge in [-0.2, -0.15) is 0 Å². The van der Waals surface area contributed by atoms with Gasteiger partial charge < -0.3 is 15.5 Å². The van der Waals surface area contributed by atoms with Crippen LogP contribution in [0.5, 0.6) is 0 Å². The fourth-order valence-electron chi connectivity index (χ4n) is 6.15. The highest BCUT2D eigenvalue weighted by atomic mass is 16.3. The average molecular weight is 582 g/mol. The van der Waals surface area contributed by atoms with Crippen LogP contribution >= 0.6 is 0 Å². The fourth-order valence-corrected chi connectivity index (χ4v) is 6.15. The quantitative estimate of drug-likeness (QED) is 0.0635. The Labute approximate surface area is 259 Å². The number of nitrogens with one attached hydrogen (secondary N) is 1. The molecule has 0 fully saturated rings. The van der Waals surface area contributed by atoms with Crippen molar-refractivity contribution in [2.45, 2.75) is 218 Å². The van der Waals surface area contributed by atoms with Crippen molar-refractivity contribution < 1.29 is 10.2 Å². The van der Waals surface area contributed by atoms with Gasteiger partial charge in [0.25, 0.3) is 0 Å². The maximum Gasteiger partial charge on any atom is 0.0431 e. The molecule has 0 aromatic heterocycles.